The van der Waals surface area contributed by atoms with Crippen LogP contribution >= 0.6 is 22.9 Å². The highest BCUT2D eigenvalue weighted by atomic mass is 35.5. The first-order valence-electron chi connectivity index (χ1n) is 3.97. The summed E-state index contributed by atoms with van der Waals surface area (Å²) in [5, 5.41) is 1.25. The predicted molar refractivity (Wildman–Crippen MR) is 56.2 cm³/mol. The molecular formula is C10H9ClS. The van der Waals surface area contributed by atoms with E-state index in [1.54, 1.807) is 11.3 Å². The van der Waals surface area contributed by atoms with Crippen LogP contribution in [-0.2, 0) is 6.42 Å². The molecule has 0 amide bonds. The van der Waals surface area contributed by atoms with Gasteiger partial charge in [-0.25, -0.2) is 0 Å². The smallest absolute Gasteiger partial charge is 0.0940 e. The van der Waals surface area contributed by atoms with Crippen LogP contribution in [0, 0.1) is 0 Å². The van der Waals surface area contributed by atoms with Crippen molar-refractivity contribution >= 4 is 33.0 Å². The molecule has 0 aliphatic carbocycles. The molecule has 0 fully saturated rings. The molecule has 12 heavy (non-hydrogen) atoms. The fourth-order valence-electron chi connectivity index (χ4n) is 1.26. The van der Waals surface area contributed by atoms with E-state index in [4.69, 9.17) is 11.6 Å². The van der Waals surface area contributed by atoms with Crippen LogP contribution in [0.15, 0.2) is 24.3 Å². The molecule has 0 radical (unpaired) electrons. The van der Waals surface area contributed by atoms with Gasteiger partial charge in [0, 0.05) is 4.70 Å². The lowest BCUT2D eigenvalue weighted by Gasteiger charge is -1.94. The van der Waals surface area contributed by atoms with Gasteiger partial charge in [0.25, 0.3) is 0 Å². The molecule has 0 N–H and O–H groups in total. The van der Waals surface area contributed by atoms with Crippen molar-refractivity contribution in [2.75, 3.05) is 0 Å². The summed E-state index contributed by atoms with van der Waals surface area (Å²) in [6, 6.07) is 8.52. The second-order valence-electron chi connectivity index (χ2n) is 2.78. The van der Waals surface area contributed by atoms with Gasteiger partial charge in [-0.15, -0.1) is 11.3 Å². The average Bonchev–Trinajstić information content (AvgIpc) is 2.43. The number of aryl methyl sites for hydroxylation is 1. The zero-order chi connectivity index (χ0) is 8.55. The lowest BCUT2D eigenvalue weighted by molar-refractivity contribution is 1.15. The summed E-state index contributed by atoms with van der Waals surface area (Å²) in [6.07, 6.45) is 1.09. The van der Waals surface area contributed by atoms with Crippen LogP contribution in [0.4, 0.5) is 0 Å². The fraction of sp³-hybridized carbons (Fsp3) is 0.200. The maximum absolute atomic E-state index is 5.90. The van der Waals surface area contributed by atoms with Gasteiger partial charge in [-0.1, -0.05) is 30.7 Å². The lowest BCUT2D eigenvalue weighted by Crippen LogP contribution is -1.75. The minimum atomic E-state index is 0.873. The third-order valence-corrected chi connectivity index (χ3v) is 3.19. The third kappa shape index (κ3) is 1.35. The standard InChI is InChI=1S/C10H9ClS/c1-2-7-3-4-8-6-10(11)12-9(8)5-7/h3-6H,2H2,1H3. The maximum Gasteiger partial charge on any atom is 0.0940 e. The highest BCUT2D eigenvalue weighted by Gasteiger charge is 1.99. The number of fused-ring (bicyclic) bond motifs is 1. The van der Waals surface area contributed by atoms with Crippen molar-refractivity contribution in [3.8, 4) is 0 Å². The fourth-order valence-corrected chi connectivity index (χ4v) is 2.48. The lowest BCUT2D eigenvalue weighted by atomic mass is 10.1. The predicted octanol–water partition coefficient (Wildman–Crippen LogP) is 4.12. The molecule has 0 aliphatic rings. The van der Waals surface area contributed by atoms with Gasteiger partial charge in [0.2, 0.25) is 0 Å². The highest BCUT2D eigenvalue weighted by molar-refractivity contribution is 7.22. The molecule has 2 aromatic rings. The Balaban J connectivity index is 2.66. The normalized spacial score (nSPS) is 10.8. The number of hydrogen-bond donors (Lipinski definition) is 0. The average molecular weight is 197 g/mol. The van der Waals surface area contributed by atoms with E-state index in [0.717, 1.165) is 10.8 Å². The molecular weight excluding hydrogens is 188 g/mol. The molecule has 0 saturated heterocycles. The molecule has 0 bridgehead atoms. The van der Waals surface area contributed by atoms with Crippen molar-refractivity contribution < 1.29 is 0 Å². The second-order valence-corrected chi connectivity index (χ2v) is 4.49. The number of rotatable bonds is 1. The molecule has 0 aliphatic heterocycles. The van der Waals surface area contributed by atoms with Crippen LogP contribution in [0.25, 0.3) is 10.1 Å². The summed E-state index contributed by atoms with van der Waals surface area (Å²) in [6.45, 7) is 2.16. The Labute approximate surface area is 80.8 Å². The van der Waals surface area contributed by atoms with Crippen LogP contribution < -0.4 is 0 Å². The quantitative estimate of drug-likeness (QED) is 0.644. The summed E-state index contributed by atoms with van der Waals surface area (Å²) >= 11 is 7.54. The van der Waals surface area contributed by atoms with E-state index in [-0.39, 0.29) is 0 Å². The molecule has 0 spiro atoms. The third-order valence-electron chi connectivity index (χ3n) is 1.96. The Hall–Kier alpha value is -0.530. The summed E-state index contributed by atoms with van der Waals surface area (Å²) in [4.78, 5) is 0. The van der Waals surface area contributed by atoms with E-state index in [2.05, 4.69) is 25.1 Å². The highest BCUT2D eigenvalue weighted by Crippen LogP contribution is 2.29. The van der Waals surface area contributed by atoms with Crippen LogP contribution in [0.2, 0.25) is 4.34 Å². The van der Waals surface area contributed by atoms with Crippen molar-refractivity contribution in [2.45, 2.75) is 13.3 Å². The summed E-state index contributed by atoms with van der Waals surface area (Å²) < 4.78 is 2.16. The van der Waals surface area contributed by atoms with Gasteiger partial charge >= 0.3 is 0 Å². The van der Waals surface area contributed by atoms with E-state index >= 15 is 0 Å². The van der Waals surface area contributed by atoms with Gasteiger partial charge in [-0.05, 0) is 29.5 Å². The van der Waals surface area contributed by atoms with E-state index in [9.17, 15) is 0 Å². The first-order chi connectivity index (χ1) is 5.79. The molecule has 1 heterocycles. The monoisotopic (exact) mass is 196 g/mol. The summed E-state index contributed by atoms with van der Waals surface area (Å²) in [5.41, 5.74) is 1.38. The summed E-state index contributed by atoms with van der Waals surface area (Å²) in [7, 11) is 0. The molecule has 2 rings (SSSR count). The Morgan fingerprint density at radius 3 is 2.92 bits per heavy atom. The number of hydrogen-bond acceptors (Lipinski definition) is 1. The van der Waals surface area contributed by atoms with Gasteiger partial charge < -0.3 is 0 Å². The Kier molecular flexibility index (Phi) is 2.07. The second kappa shape index (κ2) is 3.08. The van der Waals surface area contributed by atoms with Crippen LogP contribution in [0.3, 0.4) is 0 Å². The number of benzene rings is 1. The van der Waals surface area contributed by atoms with Gasteiger partial charge in [-0.2, -0.15) is 0 Å². The molecule has 0 saturated carbocycles. The number of halogens is 1. The van der Waals surface area contributed by atoms with Crippen LogP contribution in [0.5, 0.6) is 0 Å². The SMILES string of the molecule is CCc1ccc2cc(Cl)sc2c1. The first-order valence-corrected chi connectivity index (χ1v) is 5.17. The Morgan fingerprint density at radius 1 is 1.33 bits per heavy atom. The van der Waals surface area contributed by atoms with Crippen LogP contribution in [0.1, 0.15) is 12.5 Å². The van der Waals surface area contributed by atoms with Gasteiger partial charge in [0.05, 0.1) is 4.34 Å². The van der Waals surface area contributed by atoms with Crippen molar-refractivity contribution in [1.82, 2.24) is 0 Å². The largest absolute Gasteiger partial charge is 0.123 e. The van der Waals surface area contributed by atoms with E-state index in [1.807, 2.05) is 6.07 Å². The molecule has 62 valence electrons. The molecule has 1 aromatic heterocycles. The number of thiophene rings is 1. The molecule has 2 heteroatoms. The van der Waals surface area contributed by atoms with Crippen molar-refractivity contribution in [2.24, 2.45) is 0 Å². The Bertz CT molecular complexity index is 403. The molecule has 1 aromatic carbocycles. The van der Waals surface area contributed by atoms with Crippen molar-refractivity contribution in [1.29, 1.82) is 0 Å². The van der Waals surface area contributed by atoms with E-state index < -0.39 is 0 Å². The van der Waals surface area contributed by atoms with Gasteiger partial charge in [-0.3, -0.25) is 0 Å². The molecule has 0 nitrogen and oxygen atoms in total. The first kappa shape index (κ1) is 8.09. The zero-order valence-corrected chi connectivity index (χ0v) is 8.38. The van der Waals surface area contributed by atoms with E-state index in [0.29, 0.717) is 0 Å². The molecule has 0 unspecified atom stereocenters. The van der Waals surface area contributed by atoms with Crippen LogP contribution in [-0.4, -0.2) is 0 Å². The minimum absolute atomic E-state index is 0.873. The topological polar surface area (TPSA) is 0 Å². The van der Waals surface area contributed by atoms with Gasteiger partial charge in [0.15, 0.2) is 0 Å². The van der Waals surface area contributed by atoms with Crippen molar-refractivity contribution in [3.05, 3.63) is 34.2 Å². The minimum Gasteiger partial charge on any atom is -0.123 e. The van der Waals surface area contributed by atoms with E-state index in [1.165, 1.54) is 15.6 Å². The van der Waals surface area contributed by atoms with Gasteiger partial charge in [0.1, 0.15) is 0 Å². The van der Waals surface area contributed by atoms with Crippen molar-refractivity contribution in [3.63, 3.8) is 0 Å². The Morgan fingerprint density at radius 2 is 2.17 bits per heavy atom. The summed E-state index contributed by atoms with van der Waals surface area (Å²) in [5.74, 6) is 0. The zero-order valence-electron chi connectivity index (χ0n) is 6.80. The molecule has 0 atom stereocenters. The maximum atomic E-state index is 5.90.